The third-order valence-corrected chi connectivity index (χ3v) is 7.01. The van der Waals surface area contributed by atoms with E-state index in [4.69, 9.17) is 11.6 Å². The Morgan fingerprint density at radius 1 is 1.02 bits per heavy atom. The van der Waals surface area contributed by atoms with Crippen molar-refractivity contribution in [2.45, 2.75) is 19.1 Å². The van der Waals surface area contributed by atoms with Gasteiger partial charge in [-0.1, -0.05) is 17.7 Å². The summed E-state index contributed by atoms with van der Waals surface area (Å²) in [6.07, 6.45) is -6.27. The lowest BCUT2D eigenvalue weighted by Crippen LogP contribution is -2.48. The predicted octanol–water partition coefficient (Wildman–Crippen LogP) is 3.92. The van der Waals surface area contributed by atoms with E-state index in [0.29, 0.717) is 50.0 Å². The molecule has 0 bridgehead atoms. The van der Waals surface area contributed by atoms with Crippen molar-refractivity contribution in [2.24, 2.45) is 5.92 Å². The van der Waals surface area contributed by atoms with Crippen molar-refractivity contribution in [3.05, 3.63) is 58.1 Å². The first-order valence-electron chi connectivity index (χ1n) is 12.7. The van der Waals surface area contributed by atoms with Gasteiger partial charge in [0.25, 0.3) is 5.91 Å². The van der Waals surface area contributed by atoms with Crippen LogP contribution in [0.4, 0.5) is 38.1 Å². The molecule has 0 spiro atoms. The van der Waals surface area contributed by atoms with Crippen LogP contribution in [0.5, 0.6) is 0 Å². The molecule has 0 saturated carbocycles. The van der Waals surface area contributed by atoms with Gasteiger partial charge in [0.2, 0.25) is 0 Å². The number of piperazine rings is 1. The van der Waals surface area contributed by atoms with Crippen molar-refractivity contribution in [3.8, 4) is 0 Å². The number of hydrogen-bond donors (Lipinski definition) is 3. The van der Waals surface area contributed by atoms with Crippen molar-refractivity contribution in [2.75, 3.05) is 56.0 Å². The molecule has 9 nitrogen and oxygen atoms in total. The summed E-state index contributed by atoms with van der Waals surface area (Å²) in [7, 11) is 0. The second-order valence-electron chi connectivity index (χ2n) is 9.63. The third kappa shape index (κ3) is 8.05. The maximum absolute atomic E-state index is 14.9. The number of halogens is 6. The molecule has 0 unspecified atom stereocenters. The van der Waals surface area contributed by atoms with E-state index in [-0.39, 0.29) is 17.8 Å². The van der Waals surface area contributed by atoms with Crippen molar-refractivity contribution in [1.82, 2.24) is 15.5 Å². The van der Waals surface area contributed by atoms with Gasteiger partial charge in [-0.2, -0.15) is 13.2 Å². The highest BCUT2D eigenvalue weighted by Crippen LogP contribution is 2.31. The highest BCUT2D eigenvalue weighted by molar-refractivity contribution is 6.31. The largest absolute Gasteiger partial charge is 0.415 e. The van der Waals surface area contributed by atoms with E-state index < -0.39 is 60.2 Å². The van der Waals surface area contributed by atoms with Gasteiger partial charge in [0, 0.05) is 62.9 Å². The SMILES string of the molecule is O=C(NCc1ccc(C(=O)Nc2ccc(Cl)cc2N2CCN(CCC(F)(F)F)CC2)c(F)c1F)OC(=O)C1CNC1. The molecule has 0 radical (unpaired) electrons. The number of benzene rings is 2. The van der Waals surface area contributed by atoms with Gasteiger partial charge in [0.1, 0.15) is 0 Å². The van der Waals surface area contributed by atoms with Crippen molar-refractivity contribution >= 4 is 40.9 Å². The van der Waals surface area contributed by atoms with Gasteiger partial charge in [-0.25, -0.2) is 13.6 Å². The molecule has 2 aliphatic heterocycles. The maximum atomic E-state index is 14.9. The number of nitrogens with zero attached hydrogens (tertiary/aromatic N) is 2. The Labute approximate surface area is 236 Å². The monoisotopic (exact) mass is 603 g/mol. The van der Waals surface area contributed by atoms with Gasteiger partial charge in [-0.3, -0.25) is 14.5 Å². The van der Waals surface area contributed by atoms with Crippen LogP contribution in [0.3, 0.4) is 0 Å². The second-order valence-corrected chi connectivity index (χ2v) is 10.1. The van der Waals surface area contributed by atoms with Crippen molar-refractivity contribution in [3.63, 3.8) is 0 Å². The molecule has 0 atom stereocenters. The third-order valence-electron chi connectivity index (χ3n) is 6.77. The number of anilines is 2. The van der Waals surface area contributed by atoms with Crippen LogP contribution in [-0.2, 0) is 16.1 Å². The Morgan fingerprint density at radius 2 is 1.73 bits per heavy atom. The van der Waals surface area contributed by atoms with Crippen LogP contribution < -0.4 is 20.9 Å². The van der Waals surface area contributed by atoms with Gasteiger partial charge in [-0.05, 0) is 24.3 Å². The number of alkyl halides is 3. The van der Waals surface area contributed by atoms with E-state index in [1.54, 1.807) is 11.0 Å². The van der Waals surface area contributed by atoms with E-state index in [2.05, 4.69) is 20.7 Å². The zero-order valence-corrected chi connectivity index (χ0v) is 22.4. The molecule has 2 heterocycles. The molecule has 4 rings (SSSR count). The van der Waals surface area contributed by atoms with Crippen molar-refractivity contribution in [1.29, 1.82) is 0 Å². The van der Waals surface area contributed by atoms with Crippen molar-refractivity contribution < 1.29 is 41.1 Å². The van der Waals surface area contributed by atoms with Crippen LogP contribution in [0.1, 0.15) is 22.3 Å². The number of ether oxygens (including phenoxy) is 1. The molecule has 41 heavy (non-hydrogen) atoms. The number of nitrogens with one attached hydrogen (secondary N) is 3. The number of esters is 1. The van der Waals surface area contributed by atoms with Gasteiger partial charge < -0.3 is 25.6 Å². The quantitative estimate of drug-likeness (QED) is 0.239. The number of carbonyl (C=O) groups is 3. The minimum absolute atomic E-state index is 0.121. The standard InChI is InChI=1S/C26H27ClF5N5O4/c27-17-2-4-19(20(11-17)37-9-7-36(8-10-37)6-5-26(30,31)32)35-23(38)18-3-1-15(21(28)22(18)29)14-34-25(40)41-24(39)16-12-33-13-16/h1-4,11,16,33H,5-10,12-14H2,(H,34,40)(H,35,38). The second kappa shape index (κ2) is 13.0. The summed E-state index contributed by atoms with van der Waals surface area (Å²) in [5.74, 6) is -4.93. The summed E-state index contributed by atoms with van der Waals surface area (Å²) in [6, 6.07) is 6.73. The first-order chi connectivity index (χ1) is 19.4. The van der Waals surface area contributed by atoms with Crippen LogP contribution in [0.25, 0.3) is 0 Å². The number of carbonyl (C=O) groups excluding carboxylic acids is 3. The van der Waals surface area contributed by atoms with E-state index in [1.807, 2.05) is 4.90 Å². The van der Waals surface area contributed by atoms with Crippen LogP contribution >= 0.6 is 11.6 Å². The molecule has 2 aromatic carbocycles. The average Bonchev–Trinajstić information content (AvgIpc) is 2.88. The highest BCUT2D eigenvalue weighted by Gasteiger charge is 2.30. The first kappa shape index (κ1) is 30.5. The lowest BCUT2D eigenvalue weighted by Gasteiger charge is -2.37. The Balaban J connectivity index is 1.38. The number of hydrogen-bond acceptors (Lipinski definition) is 7. The van der Waals surface area contributed by atoms with E-state index in [0.717, 1.165) is 12.1 Å². The molecule has 222 valence electrons. The summed E-state index contributed by atoms with van der Waals surface area (Å²) in [5.41, 5.74) is -0.139. The minimum Gasteiger partial charge on any atom is -0.376 e. The minimum atomic E-state index is -4.25. The fourth-order valence-corrected chi connectivity index (χ4v) is 4.46. The lowest BCUT2D eigenvalue weighted by molar-refractivity contribution is -0.143. The maximum Gasteiger partial charge on any atom is 0.415 e. The molecule has 0 aromatic heterocycles. The molecule has 0 aliphatic carbocycles. The van der Waals surface area contributed by atoms with Crippen LogP contribution in [0.15, 0.2) is 30.3 Å². The van der Waals surface area contributed by atoms with Crippen LogP contribution in [-0.4, -0.2) is 74.9 Å². The summed E-state index contributed by atoms with van der Waals surface area (Å²) < 4.78 is 71.9. The molecule has 2 saturated heterocycles. The molecular weight excluding hydrogens is 577 g/mol. The Kier molecular flexibility index (Phi) is 9.66. The van der Waals surface area contributed by atoms with E-state index in [1.165, 1.54) is 12.1 Å². The first-order valence-corrected chi connectivity index (χ1v) is 13.1. The number of amides is 2. The molecule has 3 N–H and O–H groups in total. The number of rotatable bonds is 8. The number of alkyl carbamates (subject to hydrolysis) is 1. The molecule has 2 amide bonds. The fraction of sp³-hybridized carbons (Fsp3) is 0.423. The smallest absolute Gasteiger partial charge is 0.376 e. The molecule has 15 heteroatoms. The van der Waals surface area contributed by atoms with Gasteiger partial charge in [0.05, 0.1) is 29.3 Å². The summed E-state index contributed by atoms with van der Waals surface area (Å²) in [5, 5.41) is 7.91. The fourth-order valence-electron chi connectivity index (χ4n) is 4.29. The molecule has 2 aromatic rings. The predicted molar refractivity (Wildman–Crippen MR) is 140 cm³/mol. The normalized spacial score (nSPS) is 16.2. The van der Waals surface area contributed by atoms with E-state index >= 15 is 0 Å². The van der Waals surface area contributed by atoms with Gasteiger partial charge in [0.15, 0.2) is 11.6 Å². The van der Waals surface area contributed by atoms with Gasteiger partial charge >= 0.3 is 18.2 Å². The zero-order valence-electron chi connectivity index (χ0n) is 21.6. The highest BCUT2D eigenvalue weighted by atomic mass is 35.5. The summed E-state index contributed by atoms with van der Waals surface area (Å²) >= 11 is 6.14. The molecule has 2 fully saturated rings. The topological polar surface area (TPSA) is 103 Å². The summed E-state index contributed by atoms with van der Waals surface area (Å²) in [6.45, 7) is 1.58. The lowest BCUT2D eigenvalue weighted by atomic mass is 10.0. The Bertz CT molecular complexity index is 1300. The van der Waals surface area contributed by atoms with Crippen LogP contribution in [0.2, 0.25) is 5.02 Å². The average molecular weight is 604 g/mol. The van der Waals surface area contributed by atoms with Crippen LogP contribution in [0, 0.1) is 17.6 Å². The van der Waals surface area contributed by atoms with E-state index in [9.17, 15) is 36.3 Å². The Morgan fingerprint density at radius 3 is 2.37 bits per heavy atom. The summed E-state index contributed by atoms with van der Waals surface area (Å²) in [4.78, 5) is 39.9. The Hall–Kier alpha value is -3.49. The molecular formula is C26H27ClF5N5O4. The van der Waals surface area contributed by atoms with Gasteiger partial charge in [-0.15, -0.1) is 0 Å². The zero-order chi connectivity index (χ0) is 29.7. The molecule has 2 aliphatic rings.